The number of halogens is 1. The molecule has 0 aliphatic rings. The molecule has 1 unspecified atom stereocenters. The molecule has 0 radical (unpaired) electrons. The van der Waals surface area contributed by atoms with Gasteiger partial charge >= 0.3 is 5.97 Å². The van der Waals surface area contributed by atoms with E-state index in [4.69, 9.17) is 10.2 Å². The zero-order valence-electron chi connectivity index (χ0n) is 6.66. The van der Waals surface area contributed by atoms with Crippen molar-refractivity contribution in [3.8, 4) is 0 Å². The van der Waals surface area contributed by atoms with Gasteiger partial charge in [0.05, 0.1) is 19.3 Å². The molecule has 1 atom stereocenters. The predicted molar refractivity (Wildman–Crippen MR) is 38.9 cm³/mol. The molecule has 0 saturated heterocycles. The molecule has 0 spiro atoms. The second-order valence-electron chi connectivity index (χ2n) is 1.98. The summed E-state index contributed by atoms with van der Waals surface area (Å²) in [6, 6.07) is 0. The van der Waals surface area contributed by atoms with Crippen LogP contribution in [0.15, 0.2) is 11.9 Å². The number of hydrogen-bond donors (Lipinski definition) is 2. The molecule has 4 nitrogen and oxygen atoms in total. The summed E-state index contributed by atoms with van der Waals surface area (Å²) in [5, 5.41) is 17.0. The molecule has 0 bridgehead atoms. The van der Waals surface area contributed by atoms with Gasteiger partial charge in [-0.1, -0.05) is 0 Å². The quantitative estimate of drug-likeness (QED) is 0.460. The number of hydrogen-bond acceptors (Lipinski definition) is 4. The van der Waals surface area contributed by atoms with E-state index in [1.54, 1.807) is 0 Å². The largest absolute Gasteiger partial charge is 0.461 e. The molecule has 0 amide bonds. The van der Waals surface area contributed by atoms with Crippen LogP contribution in [0.1, 0.15) is 6.92 Å². The highest BCUT2D eigenvalue weighted by atomic mass is 19.1. The Morgan fingerprint density at radius 3 is 2.75 bits per heavy atom. The summed E-state index contributed by atoms with van der Waals surface area (Å²) in [6.45, 7) is 0.968. The van der Waals surface area contributed by atoms with Gasteiger partial charge in [0.25, 0.3) is 0 Å². The lowest BCUT2D eigenvalue weighted by Crippen LogP contribution is -2.12. The van der Waals surface area contributed by atoms with Gasteiger partial charge in [0.2, 0.25) is 5.83 Å². The molecule has 2 N–H and O–H groups in total. The van der Waals surface area contributed by atoms with Crippen molar-refractivity contribution >= 4 is 5.97 Å². The smallest absolute Gasteiger partial charge is 0.366 e. The third-order valence-electron chi connectivity index (χ3n) is 0.996. The van der Waals surface area contributed by atoms with Crippen LogP contribution in [-0.4, -0.2) is 35.5 Å². The zero-order chi connectivity index (χ0) is 9.56. The lowest BCUT2D eigenvalue weighted by atomic mass is 10.3. The van der Waals surface area contributed by atoms with Crippen LogP contribution in [0.2, 0.25) is 0 Å². The van der Waals surface area contributed by atoms with Gasteiger partial charge in [-0.15, -0.1) is 0 Å². The molecule has 0 rings (SSSR count). The lowest BCUT2D eigenvalue weighted by molar-refractivity contribution is -0.140. The van der Waals surface area contributed by atoms with E-state index < -0.39 is 24.5 Å². The topological polar surface area (TPSA) is 66.8 Å². The van der Waals surface area contributed by atoms with Crippen molar-refractivity contribution in [1.82, 2.24) is 0 Å². The summed E-state index contributed by atoms with van der Waals surface area (Å²) in [6.07, 6.45) is -0.771. The van der Waals surface area contributed by atoms with Gasteiger partial charge in [0.15, 0.2) is 0 Å². The van der Waals surface area contributed by atoms with Gasteiger partial charge in [-0.2, -0.15) is 4.39 Å². The number of esters is 1. The molecular weight excluding hydrogens is 167 g/mol. The second kappa shape index (κ2) is 5.68. The maximum absolute atomic E-state index is 12.5. The Kier molecular flexibility index (Phi) is 5.23. The highest BCUT2D eigenvalue weighted by Gasteiger charge is 2.11. The standard InChI is InChI=1S/C7H11FO4/c1-2-12-7(11)6(8)3-5(10)4-9/h3,5,9-10H,2,4H2,1H3/b6-3-. The third-order valence-corrected chi connectivity index (χ3v) is 0.996. The Morgan fingerprint density at radius 2 is 2.33 bits per heavy atom. The summed E-state index contributed by atoms with van der Waals surface area (Å²) in [4.78, 5) is 10.5. The van der Waals surface area contributed by atoms with E-state index in [0.717, 1.165) is 0 Å². The SMILES string of the molecule is CCOC(=O)/C(F)=C/C(O)CO. The summed E-state index contributed by atoms with van der Waals surface area (Å²) in [5.74, 6) is -2.33. The van der Waals surface area contributed by atoms with Crippen molar-refractivity contribution in [3.63, 3.8) is 0 Å². The van der Waals surface area contributed by atoms with Crippen molar-refractivity contribution < 1.29 is 24.1 Å². The minimum atomic E-state index is -1.37. The zero-order valence-corrected chi connectivity index (χ0v) is 6.66. The maximum atomic E-state index is 12.5. The number of aliphatic hydroxyl groups excluding tert-OH is 2. The lowest BCUT2D eigenvalue weighted by Gasteiger charge is -2.01. The molecule has 0 aliphatic carbocycles. The number of ether oxygens (including phenoxy) is 1. The van der Waals surface area contributed by atoms with Crippen molar-refractivity contribution in [3.05, 3.63) is 11.9 Å². The monoisotopic (exact) mass is 178 g/mol. The van der Waals surface area contributed by atoms with Crippen molar-refractivity contribution in [1.29, 1.82) is 0 Å². The molecule has 0 saturated carbocycles. The van der Waals surface area contributed by atoms with Crippen LogP contribution in [0.4, 0.5) is 4.39 Å². The van der Waals surface area contributed by atoms with Gasteiger partial charge in [-0.25, -0.2) is 4.79 Å². The Morgan fingerprint density at radius 1 is 1.75 bits per heavy atom. The maximum Gasteiger partial charge on any atom is 0.366 e. The van der Waals surface area contributed by atoms with E-state index in [1.807, 2.05) is 0 Å². The number of carbonyl (C=O) groups excluding carboxylic acids is 1. The number of aliphatic hydroxyl groups is 2. The first-order valence-electron chi connectivity index (χ1n) is 3.45. The fourth-order valence-corrected chi connectivity index (χ4v) is 0.490. The molecule has 0 fully saturated rings. The van der Waals surface area contributed by atoms with Gasteiger partial charge in [0.1, 0.15) is 0 Å². The number of rotatable bonds is 4. The molecule has 12 heavy (non-hydrogen) atoms. The first kappa shape index (κ1) is 11.1. The molecule has 0 aromatic carbocycles. The van der Waals surface area contributed by atoms with Crippen LogP contribution in [-0.2, 0) is 9.53 Å². The van der Waals surface area contributed by atoms with Crippen LogP contribution in [0.25, 0.3) is 0 Å². The third kappa shape index (κ3) is 4.05. The number of carbonyl (C=O) groups is 1. The van der Waals surface area contributed by atoms with E-state index in [-0.39, 0.29) is 6.61 Å². The van der Waals surface area contributed by atoms with E-state index in [9.17, 15) is 9.18 Å². The molecule has 0 aliphatic heterocycles. The van der Waals surface area contributed by atoms with E-state index >= 15 is 0 Å². The highest BCUT2D eigenvalue weighted by Crippen LogP contribution is 2.01. The molecule has 0 heterocycles. The molecular formula is C7H11FO4. The van der Waals surface area contributed by atoms with Crippen LogP contribution < -0.4 is 0 Å². The Balaban J connectivity index is 4.07. The van der Waals surface area contributed by atoms with Crippen LogP contribution in [0, 0.1) is 0 Å². The van der Waals surface area contributed by atoms with E-state index in [1.165, 1.54) is 6.92 Å². The highest BCUT2D eigenvalue weighted by molar-refractivity contribution is 5.85. The Bertz CT molecular complexity index is 178. The van der Waals surface area contributed by atoms with Gasteiger partial charge in [-0.3, -0.25) is 0 Å². The summed E-state index contributed by atoms with van der Waals surface area (Å²) < 4.78 is 16.8. The van der Waals surface area contributed by atoms with Crippen molar-refractivity contribution in [2.45, 2.75) is 13.0 Å². The van der Waals surface area contributed by atoms with Crippen molar-refractivity contribution in [2.75, 3.05) is 13.2 Å². The van der Waals surface area contributed by atoms with Crippen LogP contribution in [0.5, 0.6) is 0 Å². The normalized spacial score (nSPS) is 14.2. The van der Waals surface area contributed by atoms with E-state index in [2.05, 4.69) is 4.74 Å². The van der Waals surface area contributed by atoms with Gasteiger partial charge in [-0.05, 0) is 13.0 Å². The minimum absolute atomic E-state index is 0.0648. The van der Waals surface area contributed by atoms with Crippen LogP contribution in [0.3, 0.4) is 0 Å². The molecule has 0 aromatic rings. The van der Waals surface area contributed by atoms with Gasteiger partial charge < -0.3 is 14.9 Å². The molecule has 70 valence electrons. The average molecular weight is 178 g/mol. The Hall–Kier alpha value is -0.940. The fraction of sp³-hybridized carbons (Fsp3) is 0.571. The summed E-state index contributed by atoms with van der Waals surface area (Å²) in [7, 11) is 0. The first-order chi connectivity index (χ1) is 5.61. The van der Waals surface area contributed by atoms with Gasteiger partial charge in [0, 0.05) is 0 Å². The molecule has 5 heteroatoms. The predicted octanol–water partition coefficient (Wildman–Crippen LogP) is -0.244. The summed E-state index contributed by atoms with van der Waals surface area (Å²) >= 11 is 0. The second-order valence-corrected chi connectivity index (χ2v) is 1.98. The summed E-state index contributed by atoms with van der Waals surface area (Å²) in [5.41, 5.74) is 0. The average Bonchev–Trinajstić information content (AvgIpc) is 2.04. The molecule has 0 aromatic heterocycles. The first-order valence-corrected chi connectivity index (χ1v) is 3.45. The Labute approximate surface area is 69.3 Å². The van der Waals surface area contributed by atoms with Crippen molar-refractivity contribution in [2.24, 2.45) is 0 Å². The van der Waals surface area contributed by atoms with E-state index in [0.29, 0.717) is 6.08 Å². The minimum Gasteiger partial charge on any atom is -0.461 e. The van der Waals surface area contributed by atoms with Crippen LogP contribution >= 0.6 is 0 Å². The fourth-order valence-electron chi connectivity index (χ4n) is 0.490.